The van der Waals surface area contributed by atoms with E-state index in [0.29, 0.717) is 18.7 Å². The maximum Gasteiger partial charge on any atom is 0.262 e. The lowest BCUT2D eigenvalue weighted by Gasteiger charge is -2.14. The first kappa shape index (κ1) is 16.1. The normalized spacial score (nSPS) is 20.2. The molecule has 2 aromatic heterocycles. The lowest BCUT2D eigenvalue weighted by molar-refractivity contribution is 0.469. The Morgan fingerprint density at radius 3 is 2.65 bits per heavy atom. The molecule has 0 bridgehead atoms. The lowest BCUT2D eigenvalue weighted by atomic mass is 10.1. The van der Waals surface area contributed by atoms with E-state index in [4.69, 9.17) is 0 Å². The first-order valence-electron chi connectivity index (χ1n) is 6.91. The topological polar surface area (TPSA) is 118 Å². The summed E-state index contributed by atoms with van der Waals surface area (Å²) < 4.78 is 51.5. The molecule has 1 unspecified atom stereocenters. The van der Waals surface area contributed by atoms with E-state index >= 15 is 0 Å². The van der Waals surface area contributed by atoms with Gasteiger partial charge in [-0.25, -0.2) is 21.8 Å². The second-order valence-electron chi connectivity index (χ2n) is 5.65. The second-order valence-corrected chi connectivity index (χ2v) is 9.52. The Kier molecular flexibility index (Phi) is 3.81. The largest absolute Gasteiger partial charge is 0.339 e. The molecule has 0 spiro atoms. The average molecular weight is 359 g/mol. The predicted molar refractivity (Wildman–Crippen MR) is 81.0 cm³/mol. The van der Waals surface area contributed by atoms with Crippen LogP contribution in [-0.2, 0) is 26.9 Å². The zero-order chi connectivity index (χ0) is 16.8. The molecule has 1 atom stereocenters. The van der Waals surface area contributed by atoms with Gasteiger partial charge in [0.15, 0.2) is 14.9 Å². The van der Waals surface area contributed by atoms with Gasteiger partial charge in [0.25, 0.3) is 10.0 Å². The quantitative estimate of drug-likeness (QED) is 0.802. The Labute approximate surface area is 134 Å². The number of aryl methyl sites for hydroxylation is 1. The third kappa shape index (κ3) is 2.91. The highest BCUT2D eigenvalue weighted by molar-refractivity contribution is 7.90. The van der Waals surface area contributed by atoms with Crippen LogP contribution in [0.5, 0.6) is 0 Å². The van der Waals surface area contributed by atoms with Crippen LogP contribution >= 0.6 is 0 Å². The van der Waals surface area contributed by atoms with E-state index in [1.807, 2.05) is 0 Å². The van der Waals surface area contributed by atoms with E-state index in [0.717, 1.165) is 6.26 Å². The molecule has 2 aromatic rings. The Morgan fingerprint density at radius 2 is 2.04 bits per heavy atom. The number of aromatic amines is 1. The van der Waals surface area contributed by atoms with Gasteiger partial charge in [-0.05, 0) is 6.42 Å². The van der Waals surface area contributed by atoms with Gasteiger partial charge in [-0.1, -0.05) is 0 Å². The number of sulfone groups is 1. The summed E-state index contributed by atoms with van der Waals surface area (Å²) >= 11 is 0. The number of nitrogens with one attached hydrogen (secondary N) is 1. The number of sulfonamides is 1. The first-order chi connectivity index (χ1) is 10.7. The molecular weight excluding hydrogens is 342 g/mol. The average Bonchev–Trinajstić information content (AvgIpc) is 3.17. The van der Waals surface area contributed by atoms with Crippen LogP contribution in [0.4, 0.5) is 0 Å². The minimum Gasteiger partial charge on any atom is -0.339 e. The van der Waals surface area contributed by atoms with Crippen LogP contribution < -0.4 is 0 Å². The van der Waals surface area contributed by atoms with Crippen molar-refractivity contribution in [3.8, 4) is 0 Å². The molecule has 0 aromatic carbocycles. The molecule has 126 valence electrons. The number of imidazole rings is 1. The number of rotatable bonds is 4. The summed E-state index contributed by atoms with van der Waals surface area (Å²) in [6.45, 7) is 0.509. The van der Waals surface area contributed by atoms with E-state index < -0.39 is 19.9 Å². The van der Waals surface area contributed by atoms with Crippen molar-refractivity contribution < 1.29 is 16.8 Å². The van der Waals surface area contributed by atoms with Crippen LogP contribution in [0.1, 0.15) is 18.0 Å². The molecule has 1 N–H and O–H groups in total. The molecule has 1 aliphatic rings. The number of aromatic nitrogens is 4. The zero-order valence-corrected chi connectivity index (χ0v) is 14.3. The molecule has 0 radical (unpaired) electrons. The van der Waals surface area contributed by atoms with Crippen molar-refractivity contribution in [2.75, 3.05) is 19.3 Å². The number of hydrogen-bond donors (Lipinski definition) is 1. The van der Waals surface area contributed by atoms with Crippen LogP contribution in [-0.4, -0.2) is 60.2 Å². The SMILES string of the molecule is Cn1cnc(S(=O)(=O)N2CCC(c3[nH]ncc3S(C)(=O)=O)C2)c1. The lowest BCUT2D eigenvalue weighted by Crippen LogP contribution is -2.29. The van der Waals surface area contributed by atoms with Gasteiger partial charge in [-0.15, -0.1) is 0 Å². The summed E-state index contributed by atoms with van der Waals surface area (Å²) in [6.07, 6.45) is 5.77. The zero-order valence-electron chi connectivity index (χ0n) is 12.7. The summed E-state index contributed by atoms with van der Waals surface area (Å²) in [5, 5.41) is 6.49. The standard InChI is InChI=1S/C12H17N5O4S2/c1-16-7-11(13-8-16)23(20,21)17-4-3-9(6-17)12-10(5-14-15-12)22(2,18)19/h5,7-9H,3-4,6H2,1-2H3,(H,14,15). The molecule has 3 rings (SSSR count). The molecule has 9 nitrogen and oxygen atoms in total. The van der Waals surface area contributed by atoms with Gasteiger partial charge in [0.05, 0.1) is 18.2 Å². The van der Waals surface area contributed by atoms with Gasteiger partial charge in [0.2, 0.25) is 0 Å². The Balaban J connectivity index is 1.86. The van der Waals surface area contributed by atoms with Gasteiger partial charge in [0.1, 0.15) is 4.90 Å². The van der Waals surface area contributed by atoms with Crippen molar-refractivity contribution in [2.24, 2.45) is 7.05 Å². The highest BCUT2D eigenvalue weighted by Crippen LogP contribution is 2.32. The summed E-state index contributed by atoms with van der Waals surface area (Å²) in [7, 11) is -5.38. The Morgan fingerprint density at radius 1 is 1.30 bits per heavy atom. The summed E-state index contributed by atoms with van der Waals surface area (Å²) in [6, 6.07) is 0. The second kappa shape index (κ2) is 5.42. The molecular formula is C12H17N5O4S2. The van der Waals surface area contributed by atoms with Gasteiger partial charge < -0.3 is 4.57 Å². The molecule has 3 heterocycles. The van der Waals surface area contributed by atoms with Crippen LogP contribution in [0.15, 0.2) is 28.6 Å². The maximum absolute atomic E-state index is 12.6. The molecule has 23 heavy (non-hydrogen) atoms. The smallest absolute Gasteiger partial charge is 0.262 e. The third-order valence-electron chi connectivity index (χ3n) is 3.88. The van der Waals surface area contributed by atoms with Crippen LogP contribution in [0.25, 0.3) is 0 Å². The summed E-state index contributed by atoms with van der Waals surface area (Å²) in [5.74, 6) is -0.235. The highest BCUT2D eigenvalue weighted by atomic mass is 32.2. The van der Waals surface area contributed by atoms with Gasteiger partial charge >= 0.3 is 0 Å². The number of hydrogen-bond acceptors (Lipinski definition) is 6. The molecule has 0 saturated carbocycles. The Bertz CT molecular complexity index is 928. The monoisotopic (exact) mass is 359 g/mol. The van der Waals surface area contributed by atoms with Crippen LogP contribution in [0.3, 0.4) is 0 Å². The van der Waals surface area contributed by atoms with Crippen molar-refractivity contribution in [3.63, 3.8) is 0 Å². The van der Waals surface area contributed by atoms with Crippen molar-refractivity contribution in [2.45, 2.75) is 22.3 Å². The van der Waals surface area contributed by atoms with Gasteiger partial charge in [0, 0.05) is 38.5 Å². The van der Waals surface area contributed by atoms with E-state index in [9.17, 15) is 16.8 Å². The summed E-state index contributed by atoms with van der Waals surface area (Å²) in [5.41, 5.74) is 0.464. The van der Waals surface area contributed by atoms with Crippen molar-refractivity contribution in [1.82, 2.24) is 24.1 Å². The van der Waals surface area contributed by atoms with Crippen molar-refractivity contribution in [1.29, 1.82) is 0 Å². The molecule has 0 amide bonds. The van der Waals surface area contributed by atoms with E-state index in [1.165, 1.54) is 23.0 Å². The number of nitrogens with zero attached hydrogens (tertiary/aromatic N) is 4. The predicted octanol–water partition coefficient (Wildman–Crippen LogP) is -0.275. The highest BCUT2D eigenvalue weighted by Gasteiger charge is 2.36. The minimum absolute atomic E-state index is 0.00593. The maximum atomic E-state index is 12.6. The molecule has 1 aliphatic heterocycles. The molecule has 1 fully saturated rings. The van der Waals surface area contributed by atoms with E-state index in [-0.39, 0.29) is 22.4 Å². The van der Waals surface area contributed by atoms with Crippen LogP contribution in [0.2, 0.25) is 0 Å². The first-order valence-corrected chi connectivity index (χ1v) is 10.2. The van der Waals surface area contributed by atoms with Gasteiger partial charge in [-0.2, -0.15) is 9.40 Å². The van der Waals surface area contributed by atoms with Crippen LogP contribution in [0, 0.1) is 0 Å². The fraction of sp³-hybridized carbons (Fsp3) is 0.500. The minimum atomic E-state index is -3.67. The fourth-order valence-corrected chi connectivity index (χ4v) is 5.03. The summed E-state index contributed by atoms with van der Waals surface area (Å²) in [4.78, 5) is 4.02. The fourth-order valence-electron chi connectivity index (χ4n) is 2.71. The molecule has 11 heteroatoms. The third-order valence-corrected chi connectivity index (χ3v) is 6.75. The molecule has 1 saturated heterocycles. The van der Waals surface area contributed by atoms with Crippen molar-refractivity contribution in [3.05, 3.63) is 24.4 Å². The number of H-pyrrole nitrogens is 1. The van der Waals surface area contributed by atoms with Gasteiger partial charge in [-0.3, -0.25) is 5.10 Å². The Hall–Kier alpha value is -1.72. The molecule has 0 aliphatic carbocycles. The van der Waals surface area contributed by atoms with E-state index in [2.05, 4.69) is 15.2 Å². The van der Waals surface area contributed by atoms with Crippen molar-refractivity contribution >= 4 is 19.9 Å². The van der Waals surface area contributed by atoms with E-state index in [1.54, 1.807) is 11.6 Å².